The molecule has 2 nitrogen and oxygen atoms in total. The van der Waals surface area contributed by atoms with E-state index in [0.29, 0.717) is 12.5 Å². The van der Waals surface area contributed by atoms with E-state index in [1.807, 2.05) is 6.07 Å². The molecule has 0 aromatic heterocycles. The number of nitrogens with two attached hydrogens (primary N) is 1. The van der Waals surface area contributed by atoms with Crippen LogP contribution in [0.4, 0.5) is 4.39 Å². The SMILES string of the molecule is COCCCC(CN)Cc1cccc(F)c1. The number of hydrogen-bond donors (Lipinski definition) is 1. The van der Waals surface area contributed by atoms with Crippen molar-refractivity contribution >= 4 is 0 Å². The first-order valence-corrected chi connectivity index (χ1v) is 5.69. The first kappa shape index (κ1) is 13.1. The Balaban J connectivity index is 2.43. The van der Waals surface area contributed by atoms with Gasteiger partial charge in [-0.1, -0.05) is 12.1 Å². The Bertz CT molecular complexity index is 304. The molecule has 2 N–H and O–H groups in total. The second-order valence-electron chi connectivity index (χ2n) is 4.07. The average Bonchev–Trinajstić information content (AvgIpc) is 2.28. The quantitative estimate of drug-likeness (QED) is 0.723. The van der Waals surface area contributed by atoms with Crippen LogP contribution in [0.15, 0.2) is 24.3 Å². The second kappa shape index (κ2) is 7.36. The first-order chi connectivity index (χ1) is 7.76. The maximum absolute atomic E-state index is 13.0. The summed E-state index contributed by atoms with van der Waals surface area (Å²) in [5.41, 5.74) is 6.73. The molecule has 0 fully saturated rings. The summed E-state index contributed by atoms with van der Waals surface area (Å²) >= 11 is 0. The molecule has 16 heavy (non-hydrogen) atoms. The summed E-state index contributed by atoms with van der Waals surface area (Å²) in [6, 6.07) is 6.74. The lowest BCUT2D eigenvalue weighted by Crippen LogP contribution is -2.17. The Kier molecular flexibility index (Phi) is 6.04. The lowest BCUT2D eigenvalue weighted by molar-refractivity contribution is 0.187. The van der Waals surface area contributed by atoms with Gasteiger partial charge in [-0.3, -0.25) is 0 Å². The lowest BCUT2D eigenvalue weighted by Gasteiger charge is -2.14. The molecule has 1 unspecified atom stereocenters. The minimum atomic E-state index is -0.176. The highest BCUT2D eigenvalue weighted by Crippen LogP contribution is 2.14. The third-order valence-electron chi connectivity index (χ3n) is 2.71. The predicted octanol–water partition coefficient (Wildman–Crippen LogP) is 2.37. The molecule has 1 aromatic carbocycles. The van der Waals surface area contributed by atoms with Gasteiger partial charge in [0.15, 0.2) is 0 Å². The normalized spacial score (nSPS) is 12.7. The Morgan fingerprint density at radius 2 is 2.25 bits per heavy atom. The fourth-order valence-corrected chi connectivity index (χ4v) is 1.82. The molecule has 0 heterocycles. The summed E-state index contributed by atoms with van der Waals surface area (Å²) in [5, 5.41) is 0. The average molecular weight is 225 g/mol. The van der Waals surface area contributed by atoms with Gasteiger partial charge in [0, 0.05) is 13.7 Å². The van der Waals surface area contributed by atoms with Crippen molar-refractivity contribution in [1.82, 2.24) is 0 Å². The molecule has 3 heteroatoms. The van der Waals surface area contributed by atoms with Crippen LogP contribution in [0.25, 0.3) is 0 Å². The fourth-order valence-electron chi connectivity index (χ4n) is 1.82. The van der Waals surface area contributed by atoms with Crippen LogP contribution in [0.3, 0.4) is 0 Å². The Hall–Kier alpha value is -0.930. The zero-order chi connectivity index (χ0) is 11.8. The van der Waals surface area contributed by atoms with E-state index in [0.717, 1.165) is 31.4 Å². The van der Waals surface area contributed by atoms with Crippen molar-refractivity contribution < 1.29 is 9.13 Å². The highest BCUT2D eigenvalue weighted by atomic mass is 19.1. The van der Waals surface area contributed by atoms with Crippen LogP contribution in [-0.4, -0.2) is 20.3 Å². The molecule has 1 rings (SSSR count). The largest absolute Gasteiger partial charge is 0.385 e. The molecule has 1 atom stereocenters. The van der Waals surface area contributed by atoms with Crippen molar-refractivity contribution in [2.75, 3.05) is 20.3 Å². The van der Waals surface area contributed by atoms with Crippen LogP contribution in [0.1, 0.15) is 18.4 Å². The van der Waals surface area contributed by atoms with Crippen molar-refractivity contribution in [2.45, 2.75) is 19.3 Å². The van der Waals surface area contributed by atoms with Gasteiger partial charge in [-0.15, -0.1) is 0 Å². The zero-order valence-corrected chi connectivity index (χ0v) is 9.79. The smallest absolute Gasteiger partial charge is 0.123 e. The molecule has 0 aliphatic rings. The van der Waals surface area contributed by atoms with E-state index in [4.69, 9.17) is 10.5 Å². The number of methoxy groups -OCH3 is 1. The zero-order valence-electron chi connectivity index (χ0n) is 9.79. The lowest BCUT2D eigenvalue weighted by atomic mass is 9.95. The summed E-state index contributed by atoms with van der Waals surface area (Å²) in [7, 11) is 1.70. The first-order valence-electron chi connectivity index (χ1n) is 5.69. The number of benzene rings is 1. The predicted molar refractivity (Wildman–Crippen MR) is 63.8 cm³/mol. The van der Waals surface area contributed by atoms with Gasteiger partial charge < -0.3 is 10.5 Å². The third kappa shape index (κ3) is 4.73. The summed E-state index contributed by atoms with van der Waals surface area (Å²) in [6.45, 7) is 1.40. The van der Waals surface area contributed by atoms with E-state index in [-0.39, 0.29) is 5.82 Å². The summed E-state index contributed by atoms with van der Waals surface area (Å²) in [4.78, 5) is 0. The topological polar surface area (TPSA) is 35.2 Å². The minimum Gasteiger partial charge on any atom is -0.385 e. The summed E-state index contributed by atoms with van der Waals surface area (Å²) in [5.74, 6) is 0.238. The molecule has 0 amide bonds. The van der Waals surface area contributed by atoms with Crippen LogP contribution in [0.5, 0.6) is 0 Å². The third-order valence-corrected chi connectivity index (χ3v) is 2.71. The molecule has 0 radical (unpaired) electrons. The van der Waals surface area contributed by atoms with Gasteiger partial charge >= 0.3 is 0 Å². The molecule has 0 spiro atoms. The Labute approximate surface area is 96.6 Å². The van der Waals surface area contributed by atoms with E-state index in [1.54, 1.807) is 19.2 Å². The number of rotatable bonds is 7. The Morgan fingerprint density at radius 1 is 1.44 bits per heavy atom. The van der Waals surface area contributed by atoms with Gasteiger partial charge in [0.05, 0.1) is 0 Å². The van der Waals surface area contributed by atoms with Crippen LogP contribution in [-0.2, 0) is 11.2 Å². The van der Waals surface area contributed by atoms with Crippen molar-refractivity contribution in [2.24, 2.45) is 11.7 Å². The minimum absolute atomic E-state index is 0.176. The van der Waals surface area contributed by atoms with E-state index in [9.17, 15) is 4.39 Å². The van der Waals surface area contributed by atoms with Gasteiger partial charge in [0.1, 0.15) is 5.82 Å². The highest BCUT2D eigenvalue weighted by Gasteiger charge is 2.08. The fraction of sp³-hybridized carbons (Fsp3) is 0.538. The molecule has 0 saturated heterocycles. The van der Waals surface area contributed by atoms with E-state index in [1.165, 1.54) is 6.07 Å². The molecule has 0 aliphatic carbocycles. The van der Waals surface area contributed by atoms with E-state index >= 15 is 0 Å². The molecule has 0 aliphatic heterocycles. The second-order valence-corrected chi connectivity index (χ2v) is 4.07. The number of hydrogen-bond acceptors (Lipinski definition) is 2. The van der Waals surface area contributed by atoms with Crippen molar-refractivity contribution in [3.63, 3.8) is 0 Å². The Morgan fingerprint density at radius 3 is 2.88 bits per heavy atom. The van der Waals surface area contributed by atoms with Gasteiger partial charge in [-0.05, 0) is 49.4 Å². The molecule has 1 aromatic rings. The van der Waals surface area contributed by atoms with Crippen molar-refractivity contribution in [3.8, 4) is 0 Å². The van der Waals surface area contributed by atoms with E-state index < -0.39 is 0 Å². The summed E-state index contributed by atoms with van der Waals surface area (Å²) in [6.07, 6.45) is 2.88. The van der Waals surface area contributed by atoms with Gasteiger partial charge in [0.2, 0.25) is 0 Å². The molecular weight excluding hydrogens is 205 g/mol. The standard InChI is InChI=1S/C13H20FNO/c1-16-7-3-5-12(10-15)8-11-4-2-6-13(14)9-11/h2,4,6,9,12H,3,5,7-8,10,15H2,1H3. The van der Waals surface area contributed by atoms with Crippen molar-refractivity contribution in [3.05, 3.63) is 35.6 Å². The summed E-state index contributed by atoms with van der Waals surface area (Å²) < 4.78 is 18.0. The molecular formula is C13H20FNO. The number of ether oxygens (including phenoxy) is 1. The van der Waals surface area contributed by atoms with Gasteiger partial charge in [0.25, 0.3) is 0 Å². The maximum Gasteiger partial charge on any atom is 0.123 e. The maximum atomic E-state index is 13.0. The molecule has 90 valence electrons. The monoisotopic (exact) mass is 225 g/mol. The van der Waals surface area contributed by atoms with Crippen LogP contribution in [0, 0.1) is 11.7 Å². The van der Waals surface area contributed by atoms with Crippen LogP contribution < -0.4 is 5.73 Å². The van der Waals surface area contributed by atoms with Crippen molar-refractivity contribution in [1.29, 1.82) is 0 Å². The number of halogens is 1. The van der Waals surface area contributed by atoms with Gasteiger partial charge in [-0.2, -0.15) is 0 Å². The van der Waals surface area contributed by atoms with Crippen LogP contribution in [0.2, 0.25) is 0 Å². The van der Waals surface area contributed by atoms with E-state index in [2.05, 4.69) is 0 Å². The molecule has 0 saturated carbocycles. The van der Waals surface area contributed by atoms with Gasteiger partial charge in [-0.25, -0.2) is 4.39 Å². The highest BCUT2D eigenvalue weighted by molar-refractivity contribution is 5.16. The molecule has 0 bridgehead atoms. The van der Waals surface area contributed by atoms with Crippen LogP contribution >= 0.6 is 0 Å².